The molecule has 2 heterocycles. The van der Waals surface area contributed by atoms with Gasteiger partial charge in [0.05, 0.1) is 11.9 Å². The van der Waals surface area contributed by atoms with Gasteiger partial charge in [-0.2, -0.15) is 0 Å². The van der Waals surface area contributed by atoms with Crippen molar-refractivity contribution in [1.29, 1.82) is 0 Å². The first-order chi connectivity index (χ1) is 6.22. The van der Waals surface area contributed by atoms with Gasteiger partial charge >= 0.3 is 0 Å². The van der Waals surface area contributed by atoms with Crippen molar-refractivity contribution in [3.63, 3.8) is 0 Å². The van der Waals surface area contributed by atoms with Crippen molar-refractivity contribution < 1.29 is 9.84 Å². The van der Waals surface area contributed by atoms with Crippen LogP contribution in [-0.2, 0) is 17.4 Å². The predicted molar refractivity (Wildman–Crippen MR) is 45.0 cm³/mol. The van der Waals surface area contributed by atoms with E-state index in [-0.39, 0.29) is 0 Å². The van der Waals surface area contributed by atoms with E-state index >= 15 is 0 Å². The Morgan fingerprint density at radius 2 is 2.23 bits per heavy atom. The molecule has 0 bridgehead atoms. The van der Waals surface area contributed by atoms with Crippen molar-refractivity contribution in [2.45, 2.75) is 18.4 Å². The first kappa shape index (κ1) is 8.65. The van der Waals surface area contributed by atoms with Gasteiger partial charge < -0.3 is 9.84 Å². The van der Waals surface area contributed by atoms with Crippen LogP contribution in [0.25, 0.3) is 0 Å². The molecule has 1 fully saturated rings. The van der Waals surface area contributed by atoms with Gasteiger partial charge in [-0.1, -0.05) is 5.21 Å². The van der Waals surface area contributed by atoms with E-state index in [4.69, 9.17) is 4.74 Å². The van der Waals surface area contributed by atoms with Crippen LogP contribution in [0, 0.1) is 0 Å². The minimum atomic E-state index is -0.795. The molecule has 1 aliphatic heterocycles. The van der Waals surface area contributed by atoms with Gasteiger partial charge in [-0.15, -0.1) is 5.10 Å². The first-order valence-corrected chi connectivity index (χ1v) is 4.38. The standard InChI is InChI=1S/C8H13N3O2/c1-11-7(6-9-10-11)8(12)2-4-13-5-3-8/h6,12H,2-5H2,1H3. The van der Waals surface area contributed by atoms with Crippen LogP contribution in [0.5, 0.6) is 0 Å². The third-order valence-corrected chi connectivity index (χ3v) is 2.51. The molecular formula is C8H13N3O2. The molecule has 5 nitrogen and oxygen atoms in total. The maximum absolute atomic E-state index is 10.2. The van der Waals surface area contributed by atoms with E-state index < -0.39 is 5.60 Å². The highest BCUT2D eigenvalue weighted by molar-refractivity contribution is 5.08. The third-order valence-electron chi connectivity index (χ3n) is 2.51. The number of aryl methyl sites for hydroxylation is 1. The lowest BCUT2D eigenvalue weighted by Crippen LogP contribution is -2.35. The highest BCUT2D eigenvalue weighted by Crippen LogP contribution is 2.30. The Balaban J connectivity index is 2.27. The maximum Gasteiger partial charge on any atom is 0.112 e. The van der Waals surface area contributed by atoms with E-state index in [1.807, 2.05) is 0 Å². The summed E-state index contributed by atoms with van der Waals surface area (Å²) in [4.78, 5) is 0. The summed E-state index contributed by atoms with van der Waals surface area (Å²) in [6, 6.07) is 0. The van der Waals surface area contributed by atoms with Crippen molar-refractivity contribution >= 4 is 0 Å². The molecule has 0 aliphatic carbocycles. The highest BCUT2D eigenvalue weighted by Gasteiger charge is 2.34. The molecule has 1 aromatic rings. The van der Waals surface area contributed by atoms with E-state index in [1.54, 1.807) is 17.9 Å². The van der Waals surface area contributed by atoms with Crippen molar-refractivity contribution in [2.75, 3.05) is 13.2 Å². The molecule has 72 valence electrons. The Labute approximate surface area is 76.3 Å². The summed E-state index contributed by atoms with van der Waals surface area (Å²) in [5, 5.41) is 17.8. The largest absolute Gasteiger partial charge is 0.383 e. The molecule has 13 heavy (non-hydrogen) atoms. The van der Waals surface area contributed by atoms with Crippen LogP contribution >= 0.6 is 0 Å². The van der Waals surface area contributed by atoms with E-state index in [0.717, 1.165) is 5.69 Å². The topological polar surface area (TPSA) is 60.2 Å². The second-order valence-electron chi connectivity index (χ2n) is 3.39. The minimum absolute atomic E-state index is 0.599. The Kier molecular flexibility index (Phi) is 2.05. The summed E-state index contributed by atoms with van der Waals surface area (Å²) in [6.07, 6.45) is 2.85. The summed E-state index contributed by atoms with van der Waals surface area (Å²) < 4.78 is 6.81. The fraction of sp³-hybridized carbons (Fsp3) is 0.750. The number of hydrogen-bond donors (Lipinski definition) is 1. The van der Waals surface area contributed by atoms with Crippen molar-refractivity contribution in [1.82, 2.24) is 15.0 Å². The zero-order valence-corrected chi connectivity index (χ0v) is 7.60. The van der Waals surface area contributed by atoms with Crippen LogP contribution in [0.4, 0.5) is 0 Å². The zero-order chi connectivity index (χ0) is 9.31. The highest BCUT2D eigenvalue weighted by atomic mass is 16.5. The number of ether oxygens (including phenoxy) is 1. The van der Waals surface area contributed by atoms with Gasteiger partial charge in [-0.05, 0) is 0 Å². The number of nitrogens with zero attached hydrogens (tertiary/aromatic N) is 3. The van der Waals surface area contributed by atoms with Gasteiger partial charge in [-0.25, -0.2) is 4.68 Å². The summed E-state index contributed by atoms with van der Waals surface area (Å²) in [5.74, 6) is 0. The zero-order valence-electron chi connectivity index (χ0n) is 7.60. The Bertz CT molecular complexity index is 291. The van der Waals surface area contributed by atoms with Crippen LogP contribution < -0.4 is 0 Å². The molecule has 0 saturated carbocycles. The van der Waals surface area contributed by atoms with Crippen LogP contribution in [0.3, 0.4) is 0 Å². The Morgan fingerprint density at radius 3 is 2.77 bits per heavy atom. The molecule has 2 rings (SSSR count). The van der Waals surface area contributed by atoms with E-state index in [0.29, 0.717) is 26.1 Å². The average Bonchev–Trinajstić information content (AvgIpc) is 2.53. The molecule has 1 saturated heterocycles. The van der Waals surface area contributed by atoms with Crippen LogP contribution in [0.1, 0.15) is 18.5 Å². The lowest BCUT2D eigenvalue weighted by Gasteiger charge is -2.31. The normalized spacial score (nSPS) is 21.7. The second kappa shape index (κ2) is 3.08. The van der Waals surface area contributed by atoms with Gasteiger partial charge in [0.25, 0.3) is 0 Å². The van der Waals surface area contributed by atoms with Crippen LogP contribution in [-0.4, -0.2) is 33.3 Å². The molecule has 0 spiro atoms. The lowest BCUT2D eigenvalue weighted by molar-refractivity contribution is -0.0725. The Morgan fingerprint density at radius 1 is 1.54 bits per heavy atom. The van der Waals surface area contributed by atoms with Crippen molar-refractivity contribution in [3.05, 3.63) is 11.9 Å². The molecule has 1 N–H and O–H groups in total. The fourth-order valence-corrected chi connectivity index (χ4v) is 1.68. The molecule has 0 amide bonds. The average molecular weight is 183 g/mol. The number of aliphatic hydroxyl groups is 1. The molecule has 0 aromatic carbocycles. The second-order valence-corrected chi connectivity index (χ2v) is 3.39. The first-order valence-electron chi connectivity index (χ1n) is 4.38. The summed E-state index contributed by atoms with van der Waals surface area (Å²) >= 11 is 0. The molecular weight excluding hydrogens is 170 g/mol. The number of hydrogen-bond acceptors (Lipinski definition) is 4. The lowest BCUT2D eigenvalue weighted by atomic mass is 9.91. The minimum Gasteiger partial charge on any atom is -0.383 e. The quantitative estimate of drug-likeness (QED) is 0.655. The van der Waals surface area contributed by atoms with Crippen molar-refractivity contribution in [2.24, 2.45) is 7.05 Å². The molecule has 0 radical (unpaired) electrons. The van der Waals surface area contributed by atoms with Gasteiger partial charge in [-0.3, -0.25) is 0 Å². The smallest absolute Gasteiger partial charge is 0.112 e. The van der Waals surface area contributed by atoms with E-state index in [2.05, 4.69) is 10.3 Å². The molecule has 5 heteroatoms. The summed E-state index contributed by atoms with van der Waals surface area (Å²) in [6.45, 7) is 1.20. The Hall–Kier alpha value is -0.940. The number of rotatable bonds is 1. The summed E-state index contributed by atoms with van der Waals surface area (Å²) in [5.41, 5.74) is -0.0212. The maximum atomic E-state index is 10.2. The van der Waals surface area contributed by atoms with Gasteiger partial charge in [0, 0.05) is 33.1 Å². The van der Waals surface area contributed by atoms with Crippen LogP contribution in [0.2, 0.25) is 0 Å². The van der Waals surface area contributed by atoms with E-state index in [9.17, 15) is 5.11 Å². The molecule has 1 aromatic heterocycles. The fourth-order valence-electron chi connectivity index (χ4n) is 1.68. The molecule has 0 unspecified atom stereocenters. The van der Waals surface area contributed by atoms with E-state index in [1.165, 1.54) is 0 Å². The molecule has 0 atom stereocenters. The SMILES string of the molecule is Cn1nncc1C1(O)CCOCC1. The number of aromatic nitrogens is 3. The van der Waals surface area contributed by atoms with Gasteiger partial charge in [0.1, 0.15) is 5.60 Å². The van der Waals surface area contributed by atoms with Crippen molar-refractivity contribution in [3.8, 4) is 0 Å². The predicted octanol–water partition coefficient (Wildman–Crippen LogP) is -0.187. The van der Waals surface area contributed by atoms with Crippen LogP contribution in [0.15, 0.2) is 6.20 Å². The van der Waals surface area contributed by atoms with Gasteiger partial charge in [0.2, 0.25) is 0 Å². The monoisotopic (exact) mass is 183 g/mol. The van der Waals surface area contributed by atoms with Gasteiger partial charge in [0.15, 0.2) is 0 Å². The third kappa shape index (κ3) is 1.45. The molecule has 1 aliphatic rings. The summed E-state index contributed by atoms with van der Waals surface area (Å²) in [7, 11) is 1.79.